The second-order valence-corrected chi connectivity index (χ2v) is 2.99. The monoisotopic (exact) mass is 213 g/mol. The molecular formula is C8H15N5O2. The number of methoxy groups -OCH3 is 2. The molecule has 1 aromatic rings. The van der Waals surface area contributed by atoms with Gasteiger partial charge in [0.25, 0.3) is 0 Å². The van der Waals surface area contributed by atoms with Crippen LogP contribution in [0.5, 0.6) is 12.0 Å². The molecule has 1 rings (SSSR count). The van der Waals surface area contributed by atoms with Gasteiger partial charge in [-0.25, -0.2) is 0 Å². The van der Waals surface area contributed by atoms with E-state index in [1.807, 2.05) is 6.92 Å². The Morgan fingerprint density at radius 3 is 2.13 bits per heavy atom. The number of anilines is 1. The molecule has 3 N–H and O–H groups in total. The van der Waals surface area contributed by atoms with Crippen LogP contribution in [0.25, 0.3) is 0 Å². The summed E-state index contributed by atoms with van der Waals surface area (Å²) in [6, 6.07) is 0.418. The Morgan fingerprint density at radius 2 is 1.73 bits per heavy atom. The zero-order valence-corrected chi connectivity index (χ0v) is 9.02. The molecule has 0 aliphatic carbocycles. The van der Waals surface area contributed by atoms with Crippen molar-refractivity contribution >= 4 is 5.95 Å². The van der Waals surface area contributed by atoms with Gasteiger partial charge in [0.1, 0.15) is 0 Å². The highest BCUT2D eigenvalue weighted by atomic mass is 16.5. The molecule has 0 saturated heterocycles. The van der Waals surface area contributed by atoms with Crippen LogP contribution in [-0.4, -0.2) is 41.8 Å². The molecule has 1 heterocycles. The summed E-state index contributed by atoms with van der Waals surface area (Å²) in [4.78, 5) is 11.8. The summed E-state index contributed by atoms with van der Waals surface area (Å²) in [6.07, 6.45) is 0. The first-order valence-electron chi connectivity index (χ1n) is 4.49. The van der Waals surface area contributed by atoms with Gasteiger partial charge >= 0.3 is 12.0 Å². The van der Waals surface area contributed by atoms with Crippen LogP contribution in [-0.2, 0) is 0 Å². The van der Waals surface area contributed by atoms with Crippen LogP contribution in [0, 0.1) is 0 Å². The van der Waals surface area contributed by atoms with Crippen LogP contribution < -0.4 is 20.5 Å². The second kappa shape index (κ2) is 5.30. The van der Waals surface area contributed by atoms with Gasteiger partial charge in [0.2, 0.25) is 5.95 Å². The number of hydrogen-bond donors (Lipinski definition) is 2. The van der Waals surface area contributed by atoms with E-state index in [0.717, 1.165) is 0 Å². The third-order valence-electron chi connectivity index (χ3n) is 1.54. The van der Waals surface area contributed by atoms with Gasteiger partial charge in [-0.3, -0.25) is 0 Å². The summed E-state index contributed by atoms with van der Waals surface area (Å²) in [5.74, 6) is 0.385. The fourth-order valence-corrected chi connectivity index (χ4v) is 0.852. The molecule has 0 aromatic carbocycles. The largest absolute Gasteiger partial charge is 0.467 e. The molecule has 1 unspecified atom stereocenters. The minimum absolute atomic E-state index is 0.0127. The second-order valence-electron chi connectivity index (χ2n) is 2.99. The molecule has 0 saturated carbocycles. The Bertz CT molecular complexity index is 296. The molecule has 0 fully saturated rings. The number of nitrogens with zero attached hydrogens (tertiary/aromatic N) is 3. The van der Waals surface area contributed by atoms with Gasteiger partial charge < -0.3 is 20.5 Å². The summed E-state index contributed by atoms with van der Waals surface area (Å²) in [6.45, 7) is 2.44. The van der Waals surface area contributed by atoms with E-state index in [0.29, 0.717) is 12.5 Å². The number of hydrogen-bond acceptors (Lipinski definition) is 7. The molecule has 0 bridgehead atoms. The molecule has 0 spiro atoms. The lowest BCUT2D eigenvalue weighted by Crippen LogP contribution is -2.26. The highest BCUT2D eigenvalue weighted by Gasteiger charge is 2.06. The van der Waals surface area contributed by atoms with Crippen LogP contribution in [0.2, 0.25) is 0 Å². The fraction of sp³-hybridized carbons (Fsp3) is 0.625. The van der Waals surface area contributed by atoms with Crippen LogP contribution in [0.3, 0.4) is 0 Å². The van der Waals surface area contributed by atoms with E-state index in [1.54, 1.807) is 0 Å². The van der Waals surface area contributed by atoms with Crippen molar-refractivity contribution in [1.82, 2.24) is 15.0 Å². The zero-order valence-electron chi connectivity index (χ0n) is 9.02. The van der Waals surface area contributed by atoms with Crippen LogP contribution in [0.4, 0.5) is 5.95 Å². The third kappa shape index (κ3) is 3.55. The van der Waals surface area contributed by atoms with E-state index in [-0.39, 0.29) is 18.1 Å². The van der Waals surface area contributed by atoms with E-state index < -0.39 is 0 Å². The lowest BCUT2D eigenvalue weighted by atomic mass is 10.4. The Morgan fingerprint density at radius 1 is 1.20 bits per heavy atom. The van der Waals surface area contributed by atoms with Crippen molar-refractivity contribution in [2.75, 3.05) is 26.1 Å². The van der Waals surface area contributed by atoms with Crippen molar-refractivity contribution in [1.29, 1.82) is 0 Å². The Labute approximate surface area is 88.0 Å². The molecule has 1 atom stereocenters. The summed E-state index contributed by atoms with van der Waals surface area (Å²) >= 11 is 0. The first kappa shape index (κ1) is 11.4. The van der Waals surface area contributed by atoms with Gasteiger partial charge in [-0.1, -0.05) is 0 Å². The average Bonchev–Trinajstić information content (AvgIpc) is 2.25. The van der Waals surface area contributed by atoms with E-state index in [9.17, 15) is 0 Å². The van der Waals surface area contributed by atoms with Crippen LogP contribution in [0.1, 0.15) is 6.92 Å². The smallest absolute Gasteiger partial charge is 0.324 e. The van der Waals surface area contributed by atoms with Crippen molar-refractivity contribution in [3.63, 3.8) is 0 Å². The van der Waals surface area contributed by atoms with Crippen molar-refractivity contribution in [2.24, 2.45) is 5.73 Å². The lowest BCUT2D eigenvalue weighted by Gasteiger charge is -2.08. The highest BCUT2D eigenvalue weighted by molar-refractivity contribution is 5.27. The Balaban J connectivity index is 2.77. The molecule has 0 aliphatic rings. The third-order valence-corrected chi connectivity index (χ3v) is 1.54. The summed E-state index contributed by atoms with van der Waals surface area (Å²) in [5.41, 5.74) is 5.59. The van der Waals surface area contributed by atoms with Gasteiger partial charge in [-0.2, -0.15) is 9.97 Å². The molecule has 0 amide bonds. The minimum Gasteiger partial charge on any atom is -0.467 e. The molecule has 7 nitrogen and oxygen atoms in total. The molecule has 0 radical (unpaired) electrons. The van der Waals surface area contributed by atoms with Crippen LogP contribution in [0.15, 0.2) is 0 Å². The predicted molar refractivity (Wildman–Crippen MR) is 55.1 cm³/mol. The summed E-state index contributed by atoms with van der Waals surface area (Å²) < 4.78 is 9.78. The zero-order chi connectivity index (χ0) is 11.3. The number of ether oxygens (including phenoxy) is 2. The van der Waals surface area contributed by atoms with E-state index in [2.05, 4.69) is 20.3 Å². The van der Waals surface area contributed by atoms with E-state index in [1.165, 1.54) is 14.2 Å². The van der Waals surface area contributed by atoms with Gasteiger partial charge in [0, 0.05) is 12.6 Å². The summed E-state index contributed by atoms with van der Waals surface area (Å²) in [7, 11) is 2.95. The maximum Gasteiger partial charge on any atom is 0.324 e. The average molecular weight is 213 g/mol. The topological polar surface area (TPSA) is 95.2 Å². The maximum atomic E-state index is 5.59. The lowest BCUT2D eigenvalue weighted by molar-refractivity contribution is 0.341. The maximum absolute atomic E-state index is 5.59. The number of nitrogens with two attached hydrogens (primary N) is 1. The van der Waals surface area contributed by atoms with Gasteiger partial charge in [-0.15, -0.1) is 4.98 Å². The summed E-state index contributed by atoms with van der Waals surface area (Å²) in [5, 5.41) is 2.95. The Kier molecular flexibility index (Phi) is 4.04. The normalized spacial score (nSPS) is 12.0. The molecule has 15 heavy (non-hydrogen) atoms. The fourth-order valence-electron chi connectivity index (χ4n) is 0.852. The van der Waals surface area contributed by atoms with Gasteiger partial charge in [0.15, 0.2) is 0 Å². The first-order chi connectivity index (χ1) is 7.15. The first-order valence-corrected chi connectivity index (χ1v) is 4.49. The van der Waals surface area contributed by atoms with Crippen molar-refractivity contribution in [3.05, 3.63) is 0 Å². The molecular weight excluding hydrogens is 198 g/mol. The molecule has 1 aromatic heterocycles. The van der Waals surface area contributed by atoms with Crippen molar-refractivity contribution < 1.29 is 9.47 Å². The van der Waals surface area contributed by atoms with Crippen molar-refractivity contribution in [3.8, 4) is 12.0 Å². The minimum atomic E-state index is 0.0127. The predicted octanol–water partition coefficient (Wildman–Crippen LogP) is -0.352. The Hall–Kier alpha value is -1.63. The number of nitrogens with one attached hydrogen (secondary N) is 1. The molecule has 0 aliphatic heterocycles. The SMILES string of the molecule is COc1nc(NCC(C)N)nc(OC)n1. The molecule has 7 heteroatoms. The standard InChI is InChI=1S/C8H15N5O2/c1-5(9)4-10-6-11-7(14-2)13-8(12-6)15-3/h5H,4,9H2,1-3H3,(H,10,11,12,13). The molecule has 84 valence electrons. The van der Waals surface area contributed by atoms with Gasteiger partial charge in [0.05, 0.1) is 14.2 Å². The van der Waals surface area contributed by atoms with E-state index >= 15 is 0 Å². The number of rotatable bonds is 5. The quantitative estimate of drug-likeness (QED) is 0.690. The van der Waals surface area contributed by atoms with Crippen LogP contribution >= 0.6 is 0 Å². The van der Waals surface area contributed by atoms with E-state index in [4.69, 9.17) is 15.2 Å². The highest BCUT2D eigenvalue weighted by Crippen LogP contribution is 2.11. The van der Waals surface area contributed by atoms with Gasteiger partial charge in [-0.05, 0) is 6.92 Å². The van der Waals surface area contributed by atoms with Crippen molar-refractivity contribution in [2.45, 2.75) is 13.0 Å². The number of aromatic nitrogens is 3.